The van der Waals surface area contributed by atoms with Crippen molar-refractivity contribution in [3.05, 3.63) is 187 Å². The van der Waals surface area contributed by atoms with E-state index < -0.39 is 17.3 Å². The quantitative estimate of drug-likeness (QED) is 0.119. The third kappa shape index (κ3) is 19.9. The number of piperazine rings is 2. The molecule has 0 N–H and O–H groups in total. The molecule has 7 aromatic rings. The first-order valence-corrected chi connectivity index (χ1v) is 32.6. The molecular formula is C73H91N11O9. The van der Waals surface area contributed by atoms with Crippen LogP contribution in [0, 0.1) is 5.92 Å². The van der Waals surface area contributed by atoms with E-state index in [1.807, 2.05) is 89.9 Å². The minimum absolute atomic E-state index is 0.0977. The van der Waals surface area contributed by atoms with Gasteiger partial charge in [0.25, 0.3) is 11.8 Å². The number of hydrogen-bond donors (Lipinski definition) is 0. The normalized spacial score (nSPS) is 16.0. The Labute approximate surface area is 547 Å². The monoisotopic (exact) mass is 1270 g/mol. The van der Waals surface area contributed by atoms with Crippen molar-refractivity contribution in [1.29, 1.82) is 0 Å². The highest BCUT2D eigenvalue weighted by Crippen LogP contribution is 2.26. The number of imidazole rings is 2. The third-order valence-electron chi connectivity index (χ3n) is 17.0. The maximum absolute atomic E-state index is 13.3. The van der Waals surface area contributed by atoms with E-state index in [4.69, 9.17) is 14.2 Å². The van der Waals surface area contributed by atoms with E-state index in [1.54, 1.807) is 86.9 Å². The summed E-state index contributed by atoms with van der Waals surface area (Å²) in [6.45, 7) is 23.2. The van der Waals surface area contributed by atoms with Gasteiger partial charge in [-0.1, -0.05) is 116 Å². The molecule has 0 atom stereocenters. The molecule has 20 heteroatoms. The van der Waals surface area contributed by atoms with E-state index >= 15 is 0 Å². The van der Waals surface area contributed by atoms with E-state index in [1.165, 1.54) is 58.9 Å². The summed E-state index contributed by atoms with van der Waals surface area (Å²) in [5, 5.41) is 0. The van der Waals surface area contributed by atoms with Crippen LogP contribution >= 0.6 is 0 Å². The SMILES string of the molecule is CC(C)(C)OC(=O)N1CCN(C(=O)c2cccc(-c3cn(C(=O)Oc4ccccc4)cn3)c2)CC1.CCC1CCN(Cc2ccccc2)CC1.CN(C(=O)n1cnc(-c2cccc(C(=O)N3CCN(C(=O)OC(C)(C)C)CC3)c2)c1)C1CCN(Cc2ccccc2)CC1. The predicted molar refractivity (Wildman–Crippen MR) is 359 cm³/mol. The van der Waals surface area contributed by atoms with Gasteiger partial charge in [0, 0.05) is 126 Å². The Balaban J connectivity index is 0.000000182. The molecule has 4 fully saturated rings. The maximum atomic E-state index is 13.3. The van der Waals surface area contributed by atoms with Gasteiger partial charge in [0.15, 0.2) is 0 Å². The van der Waals surface area contributed by atoms with Crippen LogP contribution in [0.15, 0.2) is 165 Å². The van der Waals surface area contributed by atoms with Crippen LogP contribution < -0.4 is 4.74 Å². The second kappa shape index (κ2) is 31.9. The zero-order valence-corrected chi connectivity index (χ0v) is 55.3. The standard InChI is InChI=1S/C33H42N6O4.C26H28N4O5.C14H21N/c1-33(2,3)43-32(42)38-19-17-37(18-20-38)30(40)27-12-8-11-26(21-27)29-23-39(24-34-29)31(41)35(4)28-13-15-36(16-14-28)22-25-9-6-5-7-10-25;1-26(2,3)35-25(33)29-14-12-28(13-15-29)23(31)20-9-7-8-19(16-20)22-17-30(18-27-22)24(32)34-21-10-5-4-6-11-21;1-2-13-8-10-15(11-9-13)12-14-6-4-3-5-7-14/h5-12,21,23-24,28H,13-20,22H2,1-4H3;4-11,16-18H,12-15H2,1-3H3;3-7,13H,2,8-12H2,1H3. The van der Waals surface area contributed by atoms with Gasteiger partial charge in [0.2, 0.25) is 0 Å². The number of ether oxygens (including phenoxy) is 3. The Morgan fingerprint density at radius 1 is 0.473 bits per heavy atom. The summed E-state index contributed by atoms with van der Waals surface area (Å²) in [4.78, 5) is 99.1. The molecule has 11 rings (SSSR count). The van der Waals surface area contributed by atoms with Crippen molar-refractivity contribution in [3.8, 4) is 28.3 Å². The fourth-order valence-corrected chi connectivity index (χ4v) is 11.7. The Morgan fingerprint density at radius 2 is 0.871 bits per heavy atom. The van der Waals surface area contributed by atoms with Crippen LogP contribution in [-0.2, 0) is 22.6 Å². The fourth-order valence-electron chi connectivity index (χ4n) is 11.7. The number of benzene rings is 5. The molecule has 6 heterocycles. The van der Waals surface area contributed by atoms with Crippen LogP contribution in [0.1, 0.15) is 112 Å². The number of rotatable bonds is 11. The van der Waals surface area contributed by atoms with E-state index in [2.05, 4.69) is 81.3 Å². The molecule has 20 nitrogen and oxygen atoms in total. The van der Waals surface area contributed by atoms with Crippen LogP contribution in [0.5, 0.6) is 5.75 Å². The highest BCUT2D eigenvalue weighted by molar-refractivity contribution is 5.96. The highest BCUT2D eigenvalue weighted by Gasteiger charge is 2.32. The summed E-state index contributed by atoms with van der Waals surface area (Å²) in [6.07, 6.45) is 10.9. The van der Waals surface area contributed by atoms with E-state index in [9.17, 15) is 28.8 Å². The van der Waals surface area contributed by atoms with Gasteiger partial charge >= 0.3 is 24.3 Å². The fraction of sp³-hybridized carbons (Fsp3) is 0.425. The molecule has 492 valence electrons. The molecule has 0 saturated carbocycles. The highest BCUT2D eigenvalue weighted by atomic mass is 16.6. The summed E-state index contributed by atoms with van der Waals surface area (Å²) >= 11 is 0. The number of amides is 5. The Hall–Kier alpha value is -9.14. The molecule has 0 unspecified atom stereocenters. The Morgan fingerprint density at radius 3 is 1.30 bits per heavy atom. The largest absolute Gasteiger partial charge is 0.444 e. The predicted octanol–water partition coefficient (Wildman–Crippen LogP) is 12.4. The summed E-state index contributed by atoms with van der Waals surface area (Å²) in [6, 6.07) is 44.5. The number of carbonyl (C=O) groups is 6. The number of nitrogens with zero attached hydrogens (tertiary/aromatic N) is 11. The van der Waals surface area contributed by atoms with Gasteiger partial charge in [-0.3, -0.25) is 24.0 Å². The maximum Gasteiger partial charge on any atom is 0.424 e. The summed E-state index contributed by atoms with van der Waals surface area (Å²) < 4.78 is 19.0. The lowest BCUT2D eigenvalue weighted by Crippen LogP contribution is -2.51. The van der Waals surface area contributed by atoms with Crippen molar-refractivity contribution in [2.75, 3.05) is 85.6 Å². The van der Waals surface area contributed by atoms with Crippen LogP contribution in [0.25, 0.3) is 22.5 Å². The van der Waals surface area contributed by atoms with Crippen LogP contribution in [0.4, 0.5) is 19.2 Å². The van der Waals surface area contributed by atoms with Crippen molar-refractivity contribution in [3.63, 3.8) is 0 Å². The van der Waals surface area contributed by atoms with Crippen LogP contribution in [-0.4, -0.2) is 192 Å². The van der Waals surface area contributed by atoms with Crippen molar-refractivity contribution in [1.82, 2.24) is 53.4 Å². The van der Waals surface area contributed by atoms with Gasteiger partial charge in [-0.15, -0.1) is 0 Å². The molecule has 5 amide bonds. The minimum atomic E-state index is -0.579. The zero-order chi connectivity index (χ0) is 66.1. The van der Waals surface area contributed by atoms with Crippen molar-refractivity contribution in [2.24, 2.45) is 5.92 Å². The average Bonchev–Trinajstić information content (AvgIpc) is 1.90. The number of aromatic nitrogens is 4. The molecule has 5 aromatic carbocycles. The zero-order valence-electron chi connectivity index (χ0n) is 55.3. The molecule has 0 radical (unpaired) electrons. The second-order valence-electron chi connectivity index (χ2n) is 26.2. The lowest BCUT2D eigenvalue weighted by Gasteiger charge is -2.36. The number of likely N-dealkylation sites (tertiary alicyclic amines) is 2. The summed E-state index contributed by atoms with van der Waals surface area (Å²) in [5.41, 5.74) is 5.33. The Bertz CT molecular complexity index is 3570. The molecule has 0 bridgehead atoms. The molecule has 4 aliphatic rings. The van der Waals surface area contributed by atoms with Crippen LogP contribution in [0.3, 0.4) is 0 Å². The number of para-hydroxylation sites is 1. The van der Waals surface area contributed by atoms with E-state index in [-0.39, 0.29) is 36.1 Å². The van der Waals surface area contributed by atoms with Crippen LogP contribution in [0.2, 0.25) is 0 Å². The molecule has 2 aromatic heterocycles. The molecule has 4 aliphatic heterocycles. The lowest BCUT2D eigenvalue weighted by atomic mass is 9.94. The van der Waals surface area contributed by atoms with Gasteiger partial charge in [-0.05, 0) is 134 Å². The minimum Gasteiger partial charge on any atom is -0.444 e. The Kier molecular flexibility index (Phi) is 23.4. The van der Waals surface area contributed by atoms with E-state index in [0.29, 0.717) is 86.2 Å². The van der Waals surface area contributed by atoms with Gasteiger partial charge in [-0.2, -0.15) is 0 Å². The summed E-state index contributed by atoms with van der Waals surface area (Å²) in [7, 11) is 1.86. The second-order valence-corrected chi connectivity index (χ2v) is 26.2. The third-order valence-corrected chi connectivity index (χ3v) is 17.0. The molecular weight excluding hydrogens is 1170 g/mol. The first kappa shape index (κ1) is 68.2. The smallest absolute Gasteiger partial charge is 0.424 e. The number of hydrogen-bond acceptors (Lipinski definition) is 13. The van der Waals surface area contributed by atoms with Crippen molar-refractivity contribution in [2.45, 2.75) is 111 Å². The molecule has 0 aliphatic carbocycles. The molecule has 0 spiro atoms. The topological polar surface area (TPSA) is 188 Å². The first-order valence-electron chi connectivity index (χ1n) is 32.6. The lowest BCUT2D eigenvalue weighted by molar-refractivity contribution is 0.0136. The number of carbonyl (C=O) groups excluding carboxylic acids is 6. The van der Waals surface area contributed by atoms with Crippen molar-refractivity contribution >= 4 is 36.1 Å². The first-order chi connectivity index (χ1) is 44.6. The van der Waals surface area contributed by atoms with Gasteiger partial charge in [0.1, 0.15) is 29.6 Å². The summed E-state index contributed by atoms with van der Waals surface area (Å²) in [5.74, 6) is 1.20. The van der Waals surface area contributed by atoms with E-state index in [0.717, 1.165) is 50.5 Å². The average molecular weight is 1270 g/mol. The van der Waals surface area contributed by atoms with Gasteiger partial charge < -0.3 is 38.7 Å². The van der Waals surface area contributed by atoms with Crippen molar-refractivity contribution < 1.29 is 43.0 Å². The molecule has 4 saturated heterocycles. The number of piperidine rings is 2. The van der Waals surface area contributed by atoms with Gasteiger partial charge in [-0.25, -0.2) is 33.7 Å². The molecule has 93 heavy (non-hydrogen) atoms. The van der Waals surface area contributed by atoms with Gasteiger partial charge in [0.05, 0.1) is 11.4 Å².